The fraction of sp³-hybridized carbons (Fsp3) is 0.158. The van der Waals surface area contributed by atoms with Crippen LogP contribution in [0.5, 0.6) is 0 Å². The second kappa shape index (κ2) is 9.25. The number of sulfonamides is 1. The van der Waals surface area contributed by atoms with Crippen LogP contribution in [-0.2, 0) is 24.3 Å². The maximum absolute atomic E-state index is 12.8. The van der Waals surface area contributed by atoms with Gasteiger partial charge in [0, 0.05) is 11.8 Å². The van der Waals surface area contributed by atoms with Crippen molar-refractivity contribution in [3.8, 4) is 0 Å². The Bertz CT molecular complexity index is 1000. The monoisotopic (exact) mass is 406 g/mol. The normalized spacial score (nSPS) is 11.4. The summed E-state index contributed by atoms with van der Waals surface area (Å²) in [7, 11) is -2.38. The average molecular weight is 406 g/mol. The van der Waals surface area contributed by atoms with Crippen LogP contribution in [0.4, 0.5) is 10.1 Å². The van der Waals surface area contributed by atoms with Gasteiger partial charge in [-0.25, -0.2) is 22.3 Å². The molecule has 2 aromatic carbocycles. The van der Waals surface area contributed by atoms with E-state index in [-0.39, 0.29) is 10.6 Å². The Kier molecular flexibility index (Phi) is 7.02. The lowest BCUT2D eigenvalue weighted by molar-refractivity contribution is -0.142. The number of amides is 1. The van der Waals surface area contributed by atoms with Gasteiger partial charge >= 0.3 is 5.97 Å². The van der Waals surface area contributed by atoms with Gasteiger partial charge in [0.2, 0.25) is 10.0 Å². The van der Waals surface area contributed by atoms with Crippen LogP contribution in [0, 0.1) is 12.7 Å². The first-order valence-electron chi connectivity index (χ1n) is 8.16. The Morgan fingerprint density at radius 2 is 1.82 bits per heavy atom. The Morgan fingerprint density at radius 3 is 2.46 bits per heavy atom. The Morgan fingerprint density at radius 1 is 1.14 bits per heavy atom. The predicted octanol–water partition coefficient (Wildman–Crippen LogP) is 2.24. The number of halogens is 1. The van der Waals surface area contributed by atoms with Crippen LogP contribution in [0.25, 0.3) is 6.08 Å². The van der Waals surface area contributed by atoms with Gasteiger partial charge in [-0.3, -0.25) is 4.79 Å². The van der Waals surface area contributed by atoms with E-state index < -0.39 is 34.3 Å². The summed E-state index contributed by atoms with van der Waals surface area (Å²) in [5, 5.41) is 2.47. The number of benzene rings is 2. The molecule has 2 N–H and O–H groups in total. The van der Waals surface area contributed by atoms with Crippen LogP contribution < -0.4 is 10.0 Å². The molecule has 0 saturated heterocycles. The quantitative estimate of drug-likeness (QED) is 0.542. The largest absolute Gasteiger partial charge is 0.452 e. The van der Waals surface area contributed by atoms with E-state index >= 15 is 0 Å². The Hall–Kier alpha value is -3.04. The minimum atomic E-state index is -3.67. The van der Waals surface area contributed by atoms with Gasteiger partial charge < -0.3 is 10.1 Å². The van der Waals surface area contributed by atoms with Gasteiger partial charge in [0.05, 0.1) is 4.90 Å². The average Bonchev–Trinajstić information content (AvgIpc) is 2.67. The van der Waals surface area contributed by atoms with Gasteiger partial charge in [0.15, 0.2) is 6.61 Å². The third-order valence-corrected chi connectivity index (χ3v) is 5.21. The molecule has 0 fully saturated rings. The lowest BCUT2D eigenvalue weighted by Crippen LogP contribution is -2.22. The molecule has 0 aliphatic carbocycles. The molecular weight excluding hydrogens is 387 g/mol. The molecule has 0 aromatic heterocycles. The number of ether oxygens (including phenoxy) is 1. The van der Waals surface area contributed by atoms with Crippen molar-refractivity contribution < 1.29 is 27.1 Å². The van der Waals surface area contributed by atoms with Gasteiger partial charge in [-0.1, -0.05) is 18.2 Å². The van der Waals surface area contributed by atoms with E-state index in [0.29, 0.717) is 11.1 Å². The highest BCUT2D eigenvalue weighted by Gasteiger charge is 2.16. The van der Waals surface area contributed by atoms with Crippen LogP contribution in [0.3, 0.4) is 0 Å². The zero-order chi connectivity index (χ0) is 20.7. The van der Waals surface area contributed by atoms with Crippen LogP contribution in [0.1, 0.15) is 11.1 Å². The summed E-state index contributed by atoms with van der Waals surface area (Å²) in [6.45, 7) is 1.08. The van der Waals surface area contributed by atoms with Crippen LogP contribution in [-0.4, -0.2) is 33.9 Å². The molecule has 9 heteroatoms. The number of rotatable bonds is 7. The van der Waals surface area contributed by atoms with Crippen molar-refractivity contribution in [2.75, 3.05) is 19.0 Å². The van der Waals surface area contributed by atoms with Crippen molar-refractivity contribution in [3.63, 3.8) is 0 Å². The second-order valence-electron chi connectivity index (χ2n) is 5.73. The van der Waals surface area contributed by atoms with E-state index in [2.05, 4.69) is 10.0 Å². The number of carbonyl (C=O) groups excluding carboxylic acids is 2. The summed E-state index contributed by atoms with van der Waals surface area (Å²) < 4.78 is 43.8. The molecule has 0 saturated carbocycles. The number of aryl methyl sites for hydroxylation is 1. The molecule has 0 radical (unpaired) electrons. The van der Waals surface area contributed by atoms with E-state index in [9.17, 15) is 22.4 Å². The van der Waals surface area contributed by atoms with Crippen molar-refractivity contribution in [1.29, 1.82) is 0 Å². The van der Waals surface area contributed by atoms with Gasteiger partial charge in [0.1, 0.15) is 5.82 Å². The molecule has 0 unspecified atom stereocenters. The van der Waals surface area contributed by atoms with Gasteiger partial charge in [-0.05, 0) is 55.4 Å². The number of nitrogens with one attached hydrogen (secondary N) is 2. The molecule has 2 aromatic rings. The molecule has 0 aliphatic rings. The van der Waals surface area contributed by atoms with E-state index in [1.807, 2.05) is 0 Å². The molecular formula is C19H19FN2O5S. The van der Waals surface area contributed by atoms with Crippen molar-refractivity contribution >= 4 is 33.7 Å². The summed E-state index contributed by atoms with van der Waals surface area (Å²) in [6, 6.07) is 9.88. The molecule has 7 nitrogen and oxygen atoms in total. The number of hydrogen-bond donors (Lipinski definition) is 2. The molecule has 0 aliphatic heterocycles. The first-order chi connectivity index (χ1) is 13.2. The number of esters is 1. The molecule has 2 rings (SSSR count). The zero-order valence-electron chi connectivity index (χ0n) is 15.2. The minimum Gasteiger partial charge on any atom is -0.452 e. The summed E-state index contributed by atoms with van der Waals surface area (Å²) >= 11 is 0. The third kappa shape index (κ3) is 6.00. The van der Waals surface area contributed by atoms with Crippen molar-refractivity contribution in [2.45, 2.75) is 11.8 Å². The van der Waals surface area contributed by atoms with Gasteiger partial charge in [-0.2, -0.15) is 0 Å². The highest BCUT2D eigenvalue weighted by molar-refractivity contribution is 7.89. The van der Waals surface area contributed by atoms with Crippen molar-refractivity contribution in [3.05, 3.63) is 65.5 Å². The second-order valence-corrected chi connectivity index (χ2v) is 7.58. The molecule has 1 amide bonds. The number of anilines is 1. The molecule has 0 bridgehead atoms. The summed E-state index contributed by atoms with van der Waals surface area (Å²) in [6.07, 6.45) is 2.54. The summed E-state index contributed by atoms with van der Waals surface area (Å²) in [5.74, 6) is -1.76. The van der Waals surface area contributed by atoms with Crippen LogP contribution in [0.2, 0.25) is 0 Å². The van der Waals surface area contributed by atoms with Crippen molar-refractivity contribution in [2.24, 2.45) is 0 Å². The lowest BCUT2D eigenvalue weighted by Gasteiger charge is -2.10. The number of carbonyl (C=O) groups is 2. The van der Waals surface area contributed by atoms with E-state index in [4.69, 9.17) is 4.74 Å². The van der Waals surface area contributed by atoms with E-state index in [0.717, 1.165) is 6.08 Å². The zero-order valence-corrected chi connectivity index (χ0v) is 16.0. The van der Waals surface area contributed by atoms with E-state index in [1.165, 1.54) is 49.5 Å². The number of hydrogen-bond acceptors (Lipinski definition) is 5. The maximum atomic E-state index is 12.8. The topological polar surface area (TPSA) is 102 Å². The molecule has 0 heterocycles. The fourth-order valence-corrected chi connectivity index (χ4v) is 3.19. The van der Waals surface area contributed by atoms with Gasteiger partial charge in [-0.15, -0.1) is 0 Å². The van der Waals surface area contributed by atoms with Crippen LogP contribution >= 0.6 is 0 Å². The maximum Gasteiger partial charge on any atom is 0.331 e. The lowest BCUT2D eigenvalue weighted by atomic mass is 10.2. The van der Waals surface area contributed by atoms with E-state index in [1.54, 1.807) is 13.0 Å². The Balaban J connectivity index is 1.93. The molecule has 28 heavy (non-hydrogen) atoms. The standard InChI is InChI=1S/C19H19FN2O5S/c1-13-3-9-16(11-17(13)28(25,26)21-2)22-18(23)12-27-19(24)10-6-14-4-7-15(20)8-5-14/h3-11,21H,12H2,1-2H3,(H,22,23)/b10-6+. The molecule has 0 spiro atoms. The van der Waals surface area contributed by atoms with Crippen molar-refractivity contribution in [1.82, 2.24) is 4.72 Å². The summed E-state index contributed by atoms with van der Waals surface area (Å²) in [5.41, 5.74) is 1.37. The Labute approximate surface area is 162 Å². The molecule has 148 valence electrons. The first-order valence-corrected chi connectivity index (χ1v) is 9.64. The smallest absolute Gasteiger partial charge is 0.331 e. The third-order valence-electron chi connectivity index (χ3n) is 3.66. The first kappa shape index (κ1) is 21.3. The molecule has 0 atom stereocenters. The predicted molar refractivity (Wildman–Crippen MR) is 102 cm³/mol. The SMILES string of the molecule is CNS(=O)(=O)c1cc(NC(=O)COC(=O)/C=C/c2ccc(F)cc2)ccc1C. The minimum absolute atomic E-state index is 0.0343. The van der Waals surface area contributed by atoms with Gasteiger partial charge in [0.25, 0.3) is 5.91 Å². The van der Waals surface area contributed by atoms with Crippen LogP contribution in [0.15, 0.2) is 53.4 Å². The highest BCUT2D eigenvalue weighted by Crippen LogP contribution is 2.19. The summed E-state index contributed by atoms with van der Waals surface area (Å²) in [4.78, 5) is 23.6. The fourth-order valence-electron chi connectivity index (χ4n) is 2.20. The highest BCUT2D eigenvalue weighted by atomic mass is 32.2.